The van der Waals surface area contributed by atoms with Crippen LogP contribution in [0.15, 0.2) is 6.20 Å². The van der Waals surface area contributed by atoms with Crippen molar-refractivity contribution in [1.29, 1.82) is 0 Å². The lowest BCUT2D eigenvalue weighted by atomic mass is 9.90. The molecule has 2 unspecified atom stereocenters. The third-order valence-electron chi connectivity index (χ3n) is 4.48. The molecule has 4 nitrogen and oxygen atoms in total. The highest BCUT2D eigenvalue weighted by Gasteiger charge is 2.40. The van der Waals surface area contributed by atoms with Gasteiger partial charge in [-0.1, -0.05) is 0 Å². The smallest absolute Gasteiger partial charge is 0.0795 e. The van der Waals surface area contributed by atoms with E-state index >= 15 is 0 Å². The van der Waals surface area contributed by atoms with Gasteiger partial charge in [0.25, 0.3) is 0 Å². The number of ether oxygens (including phenoxy) is 1. The average Bonchev–Trinajstić information content (AvgIpc) is 2.97. The maximum atomic E-state index is 6.06. The van der Waals surface area contributed by atoms with Crippen LogP contribution in [0.5, 0.6) is 0 Å². The molecule has 0 amide bonds. The highest BCUT2D eigenvalue weighted by molar-refractivity contribution is 7.99. The molecule has 2 aliphatic rings. The van der Waals surface area contributed by atoms with Crippen LogP contribution in [0.4, 0.5) is 0 Å². The van der Waals surface area contributed by atoms with E-state index in [1.54, 1.807) is 0 Å². The minimum absolute atomic E-state index is 0.171. The van der Waals surface area contributed by atoms with E-state index in [1.165, 1.54) is 35.6 Å². The van der Waals surface area contributed by atoms with Gasteiger partial charge in [-0.2, -0.15) is 16.9 Å². The zero-order valence-corrected chi connectivity index (χ0v) is 12.6. The zero-order chi connectivity index (χ0) is 13.3. The minimum Gasteiger partial charge on any atom is -0.374 e. The summed E-state index contributed by atoms with van der Waals surface area (Å²) in [4.78, 5) is 0. The van der Waals surface area contributed by atoms with E-state index in [0.717, 1.165) is 19.6 Å². The standard InChI is InChI=1S/C14H23N3OS/c1-11-12(9-16-17(11)2)8-15-13-3-5-18-14(7-13)4-6-19-10-14/h9,13,15H,3-8,10H2,1-2H3. The molecule has 2 saturated heterocycles. The van der Waals surface area contributed by atoms with Gasteiger partial charge in [0.15, 0.2) is 0 Å². The second kappa shape index (κ2) is 5.46. The molecule has 5 heteroatoms. The predicted octanol–water partition coefficient (Wildman–Crippen LogP) is 1.87. The molecule has 3 heterocycles. The number of hydrogen-bond donors (Lipinski definition) is 1. The first-order valence-corrected chi connectivity index (χ1v) is 8.27. The molecule has 19 heavy (non-hydrogen) atoms. The summed E-state index contributed by atoms with van der Waals surface area (Å²) in [6, 6.07) is 0.590. The van der Waals surface area contributed by atoms with Crippen molar-refractivity contribution in [3.05, 3.63) is 17.5 Å². The molecule has 106 valence electrons. The van der Waals surface area contributed by atoms with Crippen LogP contribution in [-0.2, 0) is 18.3 Å². The van der Waals surface area contributed by atoms with E-state index in [-0.39, 0.29) is 5.60 Å². The van der Waals surface area contributed by atoms with Crippen molar-refractivity contribution in [3.8, 4) is 0 Å². The number of hydrogen-bond acceptors (Lipinski definition) is 4. The van der Waals surface area contributed by atoms with Crippen molar-refractivity contribution < 1.29 is 4.74 Å². The van der Waals surface area contributed by atoms with Gasteiger partial charge in [-0.25, -0.2) is 0 Å². The lowest BCUT2D eigenvalue weighted by Gasteiger charge is -2.38. The molecule has 1 N–H and O–H groups in total. The molecule has 3 rings (SSSR count). The van der Waals surface area contributed by atoms with Crippen molar-refractivity contribution in [2.75, 3.05) is 18.1 Å². The lowest BCUT2D eigenvalue weighted by molar-refractivity contribution is -0.0703. The third-order valence-corrected chi connectivity index (χ3v) is 5.70. The van der Waals surface area contributed by atoms with E-state index in [4.69, 9.17) is 4.74 Å². The summed E-state index contributed by atoms with van der Waals surface area (Å²) < 4.78 is 8.00. The number of aryl methyl sites for hydroxylation is 1. The van der Waals surface area contributed by atoms with Gasteiger partial charge >= 0.3 is 0 Å². The summed E-state index contributed by atoms with van der Waals surface area (Å²) in [5.74, 6) is 2.44. The fourth-order valence-electron chi connectivity index (χ4n) is 3.04. The van der Waals surface area contributed by atoms with Crippen molar-refractivity contribution in [2.45, 2.75) is 44.4 Å². The molecule has 2 atom stereocenters. The summed E-state index contributed by atoms with van der Waals surface area (Å²) in [6.45, 7) is 3.96. The number of thioether (sulfide) groups is 1. The van der Waals surface area contributed by atoms with Crippen molar-refractivity contribution in [2.24, 2.45) is 7.05 Å². The molecule has 0 saturated carbocycles. The summed E-state index contributed by atoms with van der Waals surface area (Å²) in [6.07, 6.45) is 5.50. The first-order valence-electron chi connectivity index (χ1n) is 7.11. The Morgan fingerprint density at radius 3 is 3.21 bits per heavy atom. The second-order valence-electron chi connectivity index (χ2n) is 5.78. The quantitative estimate of drug-likeness (QED) is 0.918. The Hall–Kier alpha value is -0.520. The third kappa shape index (κ3) is 2.83. The zero-order valence-electron chi connectivity index (χ0n) is 11.8. The van der Waals surface area contributed by atoms with Gasteiger partial charge in [0.2, 0.25) is 0 Å². The van der Waals surface area contributed by atoms with Crippen molar-refractivity contribution in [3.63, 3.8) is 0 Å². The SMILES string of the molecule is Cc1c(CNC2CCOC3(CCSC3)C2)cnn1C. The van der Waals surface area contributed by atoms with Crippen LogP contribution >= 0.6 is 11.8 Å². The van der Waals surface area contributed by atoms with Gasteiger partial charge in [0.05, 0.1) is 11.8 Å². The van der Waals surface area contributed by atoms with E-state index in [1.807, 2.05) is 29.7 Å². The molecule has 1 aromatic rings. The van der Waals surface area contributed by atoms with Crippen LogP contribution in [0, 0.1) is 6.92 Å². The maximum absolute atomic E-state index is 6.06. The Morgan fingerprint density at radius 1 is 1.63 bits per heavy atom. The normalized spacial score (nSPS) is 31.2. The second-order valence-corrected chi connectivity index (χ2v) is 6.89. The van der Waals surface area contributed by atoms with Crippen LogP contribution in [0.3, 0.4) is 0 Å². The molecule has 2 fully saturated rings. The Bertz CT molecular complexity index is 440. The lowest BCUT2D eigenvalue weighted by Crippen LogP contribution is -2.47. The molecular formula is C14H23N3OS. The molecule has 0 radical (unpaired) electrons. The summed E-state index contributed by atoms with van der Waals surface area (Å²) in [5.41, 5.74) is 2.74. The van der Waals surface area contributed by atoms with Crippen LogP contribution in [-0.4, -0.2) is 39.5 Å². The van der Waals surface area contributed by atoms with Gasteiger partial charge in [0.1, 0.15) is 0 Å². The highest BCUT2D eigenvalue weighted by atomic mass is 32.2. The Labute approximate surface area is 119 Å². The van der Waals surface area contributed by atoms with Gasteiger partial charge in [-0.05, 0) is 31.9 Å². The number of nitrogens with one attached hydrogen (secondary N) is 1. The Morgan fingerprint density at radius 2 is 2.53 bits per heavy atom. The largest absolute Gasteiger partial charge is 0.374 e. The Balaban J connectivity index is 1.56. The van der Waals surface area contributed by atoms with E-state index in [0.29, 0.717) is 6.04 Å². The molecule has 1 aromatic heterocycles. The summed E-state index contributed by atoms with van der Waals surface area (Å²) in [5, 5.41) is 8.00. The maximum Gasteiger partial charge on any atom is 0.0795 e. The number of aromatic nitrogens is 2. The van der Waals surface area contributed by atoms with Crippen molar-refractivity contribution in [1.82, 2.24) is 15.1 Å². The van der Waals surface area contributed by atoms with Crippen LogP contribution < -0.4 is 5.32 Å². The number of rotatable bonds is 3. The van der Waals surface area contributed by atoms with E-state index in [2.05, 4.69) is 17.3 Å². The van der Waals surface area contributed by atoms with Gasteiger partial charge < -0.3 is 10.1 Å². The molecule has 0 aromatic carbocycles. The van der Waals surface area contributed by atoms with E-state index in [9.17, 15) is 0 Å². The Kier molecular flexibility index (Phi) is 3.87. The predicted molar refractivity (Wildman–Crippen MR) is 78.4 cm³/mol. The molecular weight excluding hydrogens is 258 g/mol. The fourth-order valence-corrected chi connectivity index (χ4v) is 4.42. The molecule has 2 aliphatic heterocycles. The first-order chi connectivity index (χ1) is 9.19. The van der Waals surface area contributed by atoms with Crippen molar-refractivity contribution >= 4 is 11.8 Å². The summed E-state index contributed by atoms with van der Waals surface area (Å²) in [7, 11) is 2.00. The number of nitrogens with zero attached hydrogens (tertiary/aromatic N) is 2. The van der Waals surface area contributed by atoms with E-state index < -0.39 is 0 Å². The average molecular weight is 281 g/mol. The fraction of sp³-hybridized carbons (Fsp3) is 0.786. The molecule has 1 spiro atoms. The highest BCUT2D eigenvalue weighted by Crippen LogP contribution is 2.38. The summed E-state index contributed by atoms with van der Waals surface area (Å²) >= 11 is 2.04. The topological polar surface area (TPSA) is 39.1 Å². The van der Waals surface area contributed by atoms with Gasteiger partial charge in [-0.3, -0.25) is 4.68 Å². The van der Waals surface area contributed by atoms with Gasteiger partial charge in [0, 0.05) is 43.3 Å². The van der Waals surface area contributed by atoms with Crippen LogP contribution in [0.2, 0.25) is 0 Å². The van der Waals surface area contributed by atoms with Crippen LogP contribution in [0.1, 0.15) is 30.5 Å². The first kappa shape index (κ1) is 13.5. The molecule has 0 aliphatic carbocycles. The minimum atomic E-state index is 0.171. The van der Waals surface area contributed by atoms with Crippen LogP contribution in [0.25, 0.3) is 0 Å². The monoisotopic (exact) mass is 281 g/mol. The molecule has 0 bridgehead atoms. The van der Waals surface area contributed by atoms with Gasteiger partial charge in [-0.15, -0.1) is 0 Å².